The average molecular weight is 873 g/mol. The maximum absolute atomic E-state index is 6.72. The lowest BCUT2D eigenvalue weighted by Gasteiger charge is -2.21. The molecular formula is C63H40N2OS. The highest BCUT2D eigenvalue weighted by Gasteiger charge is 2.36. The summed E-state index contributed by atoms with van der Waals surface area (Å²) in [7, 11) is 0. The zero-order chi connectivity index (χ0) is 44.1. The van der Waals surface area contributed by atoms with Crippen LogP contribution in [0, 0.1) is 0 Å². The second-order valence-corrected chi connectivity index (χ2v) is 19.9. The van der Waals surface area contributed by atoms with Gasteiger partial charge in [0.25, 0.3) is 0 Å². The van der Waals surface area contributed by atoms with Crippen LogP contribution >= 0.6 is 11.3 Å². The van der Waals surface area contributed by atoms with Gasteiger partial charge in [-0.3, -0.25) is 0 Å². The smallest absolute Gasteiger partial charge is 0.136 e. The number of nitrogens with zero attached hydrogens (tertiary/aromatic N) is 2. The van der Waals surface area contributed by atoms with E-state index in [9.17, 15) is 0 Å². The van der Waals surface area contributed by atoms with E-state index in [4.69, 9.17) is 4.42 Å². The summed E-state index contributed by atoms with van der Waals surface area (Å²) < 4.78 is 14.3. The molecule has 1 aliphatic rings. The van der Waals surface area contributed by atoms with Crippen molar-refractivity contribution in [2.45, 2.75) is 19.3 Å². The van der Waals surface area contributed by atoms with E-state index in [1.807, 2.05) is 11.3 Å². The van der Waals surface area contributed by atoms with Gasteiger partial charge < -0.3 is 13.6 Å². The van der Waals surface area contributed by atoms with Crippen LogP contribution in [0.25, 0.3) is 130 Å². The first-order chi connectivity index (χ1) is 33.0. The Morgan fingerprint density at radius 2 is 1.01 bits per heavy atom. The van der Waals surface area contributed by atoms with Crippen molar-refractivity contribution in [3.05, 3.63) is 217 Å². The zero-order valence-electron chi connectivity index (χ0n) is 36.8. The number of furan rings is 1. The third-order valence-corrected chi connectivity index (χ3v) is 16.0. The van der Waals surface area contributed by atoms with Crippen molar-refractivity contribution < 1.29 is 4.42 Å². The molecule has 0 N–H and O–H groups in total. The van der Waals surface area contributed by atoms with Gasteiger partial charge in [-0.1, -0.05) is 135 Å². The minimum atomic E-state index is -0.110. The van der Waals surface area contributed by atoms with Gasteiger partial charge in [0.1, 0.15) is 11.2 Å². The largest absolute Gasteiger partial charge is 0.456 e. The fourth-order valence-corrected chi connectivity index (χ4v) is 13.0. The molecule has 10 aromatic carbocycles. The van der Waals surface area contributed by atoms with Crippen LogP contribution in [0.4, 0.5) is 0 Å². The highest BCUT2D eigenvalue weighted by atomic mass is 32.1. The molecule has 0 fully saturated rings. The second-order valence-electron chi connectivity index (χ2n) is 18.8. The van der Waals surface area contributed by atoms with Crippen molar-refractivity contribution in [3.8, 4) is 44.8 Å². The Morgan fingerprint density at radius 1 is 0.358 bits per heavy atom. The molecule has 0 aliphatic heterocycles. The van der Waals surface area contributed by atoms with Crippen molar-refractivity contribution in [1.29, 1.82) is 0 Å². The molecule has 4 heterocycles. The summed E-state index contributed by atoms with van der Waals surface area (Å²) in [4.78, 5) is 0. The highest BCUT2D eigenvalue weighted by molar-refractivity contribution is 7.25. The van der Waals surface area contributed by atoms with Crippen molar-refractivity contribution in [2.75, 3.05) is 0 Å². The third kappa shape index (κ3) is 5.11. The first-order valence-corrected chi connectivity index (χ1v) is 24.0. The highest BCUT2D eigenvalue weighted by Crippen LogP contribution is 2.52. The van der Waals surface area contributed by atoms with Gasteiger partial charge in [-0.05, 0) is 129 Å². The number of hydrogen-bond acceptors (Lipinski definition) is 2. The van der Waals surface area contributed by atoms with Crippen molar-refractivity contribution in [2.24, 2.45) is 0 Å². The van der Waals surface area contributed by atoms with Gasteiger partial charge >= 0.3 is 0 Å². The lowest BCUT2D eigenvalue weighted by atomic mass is 9.82. The molecule has 3 nitrogen and oxygen atoms in total. The molecule has 4 heteroatoms. The van der Waals surface area contributed by atoms with E-state index < -0.39 is 0 Å². The monoisotopic (exact) mass is 872 g/mol. The maximum Gasteiger partial charge on any atom is 0.136 e. The van der Waals surface area contributed by atoms with Crippen LogP contribution in [0.15, 0.2) is 211 Å². The fraction of sp³-hybridized carbons (Fsp3) is 0.0476. The lowest BCUT2D eigenvalue weighted by Crippen LogP contribution is -2.14. The van der Waals surface area contributed by atoms with Crippen LogP contribution in [0.1, 0.15) is 25.0 Å². The average Bonchev–Trinajstić information content (AvgIpc) is 4.16. The standard InChI is InChI=1S/C63H40N2OS/c1-63(2)51-23-11-9-19-43(51)46-33-49-56(36-52(46)63)64(39-15-5-3-6-16-39)53-24-13-21-41(61(49)53)37-28-30-57-50(31-37)62-42(22-14-25-58(62)66-57)38-27-29-44-47-35-60-48(45-20-10-12-26-59(45)67-60)34-55(47)65(54(44)32-38)40-17-7-4-8-18-40/h3-36H,1-2H3. The molecule has 14 aromatic rings. The van der Waals surface area contributed by atoms with Gasteiger partial charge in [0, 0.05) is 69.3 Å². The Hall–Kier alpha value is -8.18. The fourth-order valence-electron chi connectivity index (χ4n) is 11.8. The van der Waals surface area contributed by atoms with E-state index in [0.717, 1.165) is 50.0 Å². The van der Waals surface area contributed by atoms with Gasteiger partial charge in [0.15, 0.2) is 0 Å². The minimum Gasteiger partial charge on any atom is -0.456 e. The Balaban J connectivity index is 0.958. The van der Waals surface area contributed by atoms with Crippen LogP contribution < -0.4 is 0 Å². The predicted molar refractivity (Wildman–Crippen MR) is 284 cm³/mol. The second kappa shape index (κ2) is 13.4. The summed E-state index contributed by atoms with van der Waals surface area (Å²) in [5, 5.41) is 9.87. The van der Waals surface area contributed by atoms with Gasteiger partial charge in [-0.15, -0.1) is 11.3 Å². The zero-order valence-corrected chi connectivity index (χ0v) is 37.7. The van der Waals surface area contributed by atoms with E-state index in [1.54, 1.807) is 0 Å². The molecule has 0 saturated heterocycles. The van der Waals surface area contributed by atoms with E-state index in [0.29, 0.717) is 0 Å². The number of aromatic nitrogens is 2. The summed E-state index contributed by atoms with van der Waals surface area (Å²) in [5.41, 5.74) is 18.9. The Morgan fingerprint density at radius 3 is 1.85 bits per heavy atom. The molecule has 314 valence electrons. The Bertz CT molecular complexity index is 4410. The molecular weight excluding hydrogens is 833 g/mol. The molecule has 0 unspecified atom stereocenters. The van der Waals surface area contributed by atoms with Crippen molar-refractivity contribution in [3.63, 3.8) is 0 Å². The van der Waals surface area contributed by atoms with Crippen molar-refractivity contribution >= 4 is 97.1 Å². The summed E-state index contributed by atoms with van der Waals surface area (Å²) >= 11 is 1.88. The van der Waals surface area contributed by atoms with E-state index >= 15 is 0 Å². The lowest BCUT2D eigenvalue weighted by molar-refractivity contribution is 0.661. The normalized spacial score (nSPS) is 13.3. The molecule has 0 saturated carbocycles. The van der Waals surface area contributed by atoms with Gasteiger partial charge in [-0.25, -0.2) is 0 Å². The first kappa shape index (κ1) is 37.1. The van der Waals surface area contributed by atoms with E-state index in [2.05, 4.69) is 229 Å². The quantitative estimate of drug-likeness (QED) is 0.173. The Kier molecular flexibility index (Phi) is 7.44. The summed E-state index contributed by atoms with van der Waals surface area (Å²) in [6.45, 7) is 4.74. The Labute approximate surface area is 390 Å². The third-order valence-electron chi connectivity index (χ3n) is 14.9. The maximum atomic E-state index is 6.72. The SMILES string of the molecule is CC1(C)c2ccccc2-c2cc3c4c(-c5ccc6oc7cccc(-c8ccc9c%10cc%11sc%12ccccc%12c%11cc%10n(-c%10ccccc%10)c9c8)c7c6c5)cccc4n(-c4ccccc4)c3cc21. The summed E-state index contributed by atoms with van der Waals surface area (Å²) in [6, 6.07) is 76.3. The number of para-hydroxylation sites is 2. The molecule has 0 atom stereocenters. The van der Waals surface area contributed by atoms with Crippen LogP contribution in [0.2, 0.25) is 0 Å². The van der Waals surface area contributed by atoms with E-state index in [1.165, 1.54) is 91.6 Å². The van der Waals surface area contributed by atoms with Crippen molar-refractivity contribution in [1.82, 2.24) is 9.13 Å². The number of hydrogen-bond donors (Lipinski definition) is 0. The van der Waals surface area contributed by atoms with Crippen LogP contribution in [0.5, 0.6) is 0 Å². The molecule has 15 rings (SSSR count). The number of benzene rings is 10. The number of thiophene rings is 1. The first-order valence-electron chi connectivity index (χ1n) is 23.2. The summed E-state index contributed by atoms with van der Waals surface area (Å²) in [6.07, 6.45) is 0. The molecule has 0 bridgehead atoms. The van der Waals surface area contributed by atoms with Gasteiger partial charge in [0.05, 0.1) is 22.1 Å². The molecule has 4 aromatic heterocycles. The number of fused-ring (bicyclic) bond motifs is 15. The molecule has 0 amide bonds. The van der Waals surface area contributed by atoms with Gasteiger partial charge in [-0.2, -0.15) is 0 Å². The predicted octanol–water partition coefficient (Wildman–Crippen LogP) is 17.8. The topological polar surface area (TPSA) is 23.0 Å². The molecule has 0 spiro atoms. The minimum absolute atomic E-state index is 0.110. The van der Waals surface area contributed by atoms with Crippen LogP contribution in [-0.4, -0.2) is 9.13 Å². The van der Waals surface area contributed by atoms with Crippen LogP contribution in [-0.2, 0) is 5.41 Å². The molecule has 0 radical (unpaired) electrons. The number of rotatable bonds is 4. The van der Waals surface area contributed by atoms with E-state index in [-0.39, 0.29) is 5.41 Å². The molecule has 1 aliphatic carbocycles. The van der Waals surface area contributed by atoms with Crippen LogP contribution in [0.3, 0.4) is 0 Å². The van der Waals surface area contributed by atoms with Gasteiger partial charge in [0.2, 0.25) is 0 Å². The molecule has 67 heavy (non-hydrogen) atoms. The summed E-state index contributed by atoms with van der Waals surface area (Å²) in [5.74, 6) is 0.